The van der Waals surface area contributed by atoms with Gasteiger partial charge in [0.1, 0.15) is 5.75 Å². The van der Waals surface area contributed by atoms with Gasteiger partial charge in [-0.2, -0.15) is 0 Å². The van der Waals surface area contributed by atoms with E-state index in [9.17, 15) is 13.2 Å². The second-order valence-corrected chi connectivity index (χ2v) is 4.78. The van der Waals surface area contributed by atoms with E-state index in [1.165, 1.54) is 12.1 Å². The van der Waals surface area contributed by atoms with Crippen LogP contribution in [0.15, 0.2) is 24.3 Å². The lowest BCUT2D eigenvalue weighted by Gasteiger charge is -2.30. The number of halogens is 3. The number of hydrogen-bond acceptors (Lipinski definition) is 2. The zero-order valence-electron chi connectivity index (χ0n) is 11.3. The Kier molecular flexibility index (Phi) is 5.23. The number of ether oxygens (including phenoxy) is 1. The summed E-state index contributed by atoms with van der Waals surface area (Å²) < 4.78 is 40.0. The van der Waals surface area contributed by atoms with Gasteiger partial charge in [0, 0.05) is 0 Å². The maximum Gasteiger partial charge on any atom is 0.573 e. The van der Waals surface area contributed by atoms with Crippen LogP contribution in [0.1, 0.15) is 32.3 Å². The molecule has 0 aromatic heterocycles. The first-order chi connectivity index (χ1) is 8.84. The Balaban J connectivity index is 2.76. The Labute approximate surface area is 111 Å². The van der Waals surface area contributed by atoms with Crippen molar-refractivity contribution >= 4 is 0 Å². The van der Waals surface area contributed by atoms with Gasteiger partial charge in [-0.15, -0.1) is 13.2 Å². The van der Waals surface area contributed by atoms with Crippen LogP contribution in [0.3, 0.4) is 0 Å². The summed E-state index contributed by atoms with van der Waals surface area (Å²) in [4.78, 5) is 0. The topological polar surface area (TPSA) is 35.2 Å². The molecule has 0 atom stereocenters. The standard InChI is InChI=1S/C14H20F3NO/c1-3-13(4-2,10-18)9-11-5-7-12(8-6-11)19-14(15,16)17/h5-8H,3-4,9-10,18H2,1-2H3. The molecule has 0 saturated heterocycles. The fourth-order valence-electron chi connectivity index (χ4n) is 2.10. The van der Waals surface area contributed by atoms with Gasteiger partial charge in [-0.05, 0) is 48.9 Å². The van der Waals surface area contributed by atoms with Crippen molar-refractivity contribution in [1.29, 1.82) is 0 Å². The van der Waals surface area contributed by atoms with E-state index in [-0.39, 0.29) is 11.2 Å². The average Bonchev–Trinajstić information content (AvgIpc) is 2.37. The molecule has 0 heterocycles. The van der Waals surface area contributed by atoms with Crippen LogP contribution in [0.5, 0.6) is 5.75 Å². The molecule has 0 unspecified atom stereocenters. The molecule has 0 aliphatic carbocycles. The van der Waals surface area contributed by atoms with Gasteiger partial charge >= 0.3 is 6.36 Å². The number of hydrogen-bond donors (Lipinski definition) is 1. The predicted octanol–water partition coefficient (Wildman–Crippen LogP) is 3.89. The van der Waals surface area contributed by atoms with Gasteiger partial charge < -0.3 is 10.5 Å². The Bertz CT molecular complexity index is 374. The van der Waals surface area contributed by atoms with Crippen LogP contribution in [0.4, 0.5) is 13.2 Å². The fourth-order valence-corrected chi connectivity index (χ4v) is 2.10. The van der Waals surface area contributed by atoms with E-state index in [0.717, 1.165) is 24.8 Å². The van der Waals surface area contributed by atoms with Crippen LogP contribution >= 0.6 is 0 Å². The normalized spacial score (nSPS) is 12.5. The summed E-state index contributed by atoms with van der Waals surface area (Å²) in [6.07, 6.45) is -1.99. The molecule has 19 heavy (non-hydrogen) atoms. The van der Waals surface area contributed by atoms with Crippen LogP contribution in [-0.4, -0.2) is 12.9 Å². The monoisotopic (exact) mass is 275 g/mol. The van der Waals surface area contributed by atoms with Crippen molar-refractivity contribution in [2.24, 2.45) is 11.1 Å². The minimum Gasteiger partial charge on any atom is -0.406 e. The Morgan fingerprint density at radius 3 is 1.95 bits per heavy atom. The van der Waals surface area contributed by atoms with Crippen molar-refractivity contribution in [3.8, 4) is 5.75 Å². The molecule has 1 aromatic rings. The molecule has 0 radical (unpaired) electrons. The first-order valence-electron chi connectivity index (χ1n) is 6.39. The van der Waals surface area contributed by atoms with Gasteiger partial charge in [0.05, 0.1) is 0 Å². The highest BCUT2D eigenvalue weighted by Crippen LogP contribution is 2.31. The van der Waals surface area contributed by atoms with Crippen LogP contribution in [-0.2, 0) is 6.42 Å². The summed E-state index contributed by atoms with van der Waals surface area (Å²) in [6.45, 7) is 4.73. The third-order valence-corrected chi connectivity index (χ3v) is 3.67. The number of nitrogens with two attached hydrogens (primary N) is 1. The van der Waals surface area contributed by atoms with E-state index in [0.29, 0.717) is 6.54 Å². The molecule has 1 rings (SSSR count). The van der Waals surface area contributed by atoms with E-state index in [1.54, 1.807) is 12.1 Å². The third kappa shape index (κ3) is 4.74. The van der Waals surface area contributed by atoms with Crippen LogP contribution in [0, 0.1) is 5.41 Å². The second-order valence-electron chi connectivity index (χ2n) is 4.78. The summed E-state index contributed by atoms with van der Waals surface area (Å²) in [5, 5.41) is 0. The summed E-state index contributed by atoms with van der Waals surface area (Å²) in [5.74, 6) is -0.192. The number of benzene rings is 1. The minimum atomic E-state index is -4.64. The van der Waals surface area contributed by atoms with Gasteiger partial charge in [-0.3, -0.25) is 0 Å². The van der Waals surface area contributed by atoms with Gasteiger partial charge in [-0.25, -0.2) is 0 Å². The smallest absolute Gasteiger partial charge is 0.406 e. The Morgan fingerprint density at radius 1 is 1.05 bits per heavy atom. The molecule has 5 heteroatoms. The van der Waals surface area contributed by atoms with Crippen molar-refractivity contribution in [3.63, 3.8) is 0 Å². The zero-order valence-corrected chi connectivity index (χ0v) is 11.3. The van der Waals surface area contributed by atoms with Crippen LogP contribution < -0.4 is 10.5 Å². The van der Waals surface area contributed by atoms with Crippen molar-refractivity contribution in [2.75, 3.05) is 6.54 Å². The van der Waals surface area contributed by atoms with Crippen molar-refractivity contribution in [1.82, 2.24) is 0 Å². The molecule has 0 aliphatic heterocycles. The lowest BCUT2D eigenvalue weighted by atomic mass is 9.77. The molecular weight excluding hydrogens is 255 g/mol. The number of alkyl halides is 3. The first-order valence-corrected chi connectivity index (χ1v) is 6.39. The van der Waals surface area contributed by atoms with Crippen molar-refractivity contribution < 1.29 is 17.9 Å². The van der Waals surface area contributed by atoms with Gasteiger partial charge in [0.15, 0.2) is 0 Å². The molecule has 0 fully saturated rings. The number of rotatable bonds is 6. The van der Waals surface area contributed by atoms with E-state index in [4.69, 9.17) is 5.73 Å². The summed E-state index contributed by atoms with van der Waals surface area (Å²) in [7, 11) is 0. The van der Waals surface area contributed by atoms with E-state index >= 15 is 0 Å². The maximum atomic E-state index is 12.0. The molecule has 0 aliphatic rings. The summed E-state index contributed by atoms with van der Waals surface area (Å²) in [5.41, 5.74) is 6.81. The van der Waals surface area contributed by atoms with E-state index in [2.05, 4.69) is 18.6 Å². The van der Waals surface area contributed by atoms with Crippen LogP contribution in [0.25, 0.3) is 0 Å². The predicted molar refractivity (Wildman–Crippen MR) is 68.9 cm³/mol. The third-order valence-electron chi connectivity index (χ3n) is 3.67. The molecule has 108 valence electrons. The summed E-state index contributed by atoms with van der Waals surface area (Å²) in [6, 6.07) is 6.01. The molecule has 2 N–H and O–H groups in total. The van der Waals surface area contributed by atoms with Crippen molar-refractivity contribution in [2.45, 2.75) is 39.5 Å². The average molecular weight is 275 g/mol. The Hall–Kier alpha value is -1.23. The van der Waals surface area contributed by atoms with E-state index in [1.807, 2.05) is 0 Å². The minimum absolute atomic E-state index is 0.0202. The quantitative estimate of drug-likeness (QED) is 0.854. The van der Waals surface area contributed by atoms with Crippen molar-refractivity contribution in [3.05, 3.63) is 29.8 Å². The Morgan fingerprint density at radius 2 is 1.58 bits per heavy atom. The highest BCUT2D eigenvalue weighted by atomic mass is 19.4. The summed E-state index contributed by atoms with van der Waals surface area (Å²) >= 11 is 0. The molecule has 0 amide bonds. The van der Waals surface area contributed by atoms with E-state index < -0.39 is 6.36 Å². The van der Waals surface area contributed by atoms with Gasteiger partial charge in [0.2, 0.25) is 0 Å². The van der Waals surface area contributed by atoms with Crippen LogP contribution in [0.2, 0.25) is 0 Å². The SMILES string of the molecule is CCC(CC)(CN)Cc1ccc(OC(F)(F)F)cc1. The lowest BCUT2D eigenvalue weighted by Crippen LogP contribution is -2.31. The molecule has 0 bridgehead atoms. The molecule has 1 aromatic carbocycles. The highest BCUT2D eigenvalue weighted by Gasteiger charge is 2.31. The highest BCUT2D eigenvalue weighted by molar-refractivity contribution is 5.28. The second kappa shape index (κ2) is 6.28. The molecule has 0 saturated carbocycles. The largest absolute Gasteiger partial charge is 0.573 e. The zero-order chi connectivity index (χ0) is 14.5. The van der Waals surface area contributed by atoms with Gasteiger partial charge in [-0.1, -0.05) is 26.0 Å². The maximum absolute atomic E-state index is 12.0. The molecule has 2 nitrogen and oxygen atoms in total. The molecular formula is C14H20F3NO. The first kappa shape index (κ1) is 15.8. The van der Waals surface area contributed by atoms with Gasteiger partial charge in [0.25, 0.3) is 0 Å². The molecule has 0 spiro atoms. The fraction of sp³-hybridized carbons (Fsp3) is 0.571. The lowest BCUT2D eigenvalue weighted by molar-refractivity contribution is -0.274.